The quantitative estimate of drug-likeness (QED) is 0.686. The molecule has 4 rings (SSSR count). The van der Waals surface area contributed by atoms with Crippen LogP contribution < -0.4 is 9.64 Å². The summed E-state index contributed by atoms with van der Waals surface area (Å²) in [5, 5.41) is 8.10. The molecule has 0 saturated heterocycles. The standard InChI is InChI=1S/C21H21FN4O2/c1-13-9-10-16-20(26(13)14(2)27)18(22)11-17(19-12-25(3)24-23-19)21(16)28-15-7-5-4-6-8-15/h4-8,11-13H,9-10H2,1-3H3/t13-/m0/s1. The SMILES string of the molecule is CC(=O)N1c2c(F)cc(-c3cn(C)nn3)c(Oc3ccccc3)c2CC[C@@H]1C. The summed E-state index contributed by atoms with van der Waals surface area (Å²) < 4.78 is 23.0. The Balaban J connectivity index is 1.95. The molecule has 1 aliphatic rings. The lowest BCUT2D eigenvalue weighted by molar-refractivity contribution is -0.117. The number of hydrogen-bond donors (Lipinski definition) is 0. The molecule has 6 nitrogen and oxygen atoms in total. The van der Waals surface area contributed by atoms with Gasteiger partial charge in [-0.1, -0.05) is 23.4 Å². The smallest absolute Gasteiger partial charge is 0.224 e. The van der Waals surface area contributed by atoms with Crippen molar-refractivity contribution in [3.63, 3.8) is 0 Å². The van der Waals surface area contributed by atoms with Crippen LogP contribution in [0, 0.1) is 5.82 Å². The first-order valence-corrected chi connectivity index (χ1v) is 9.20. The van der Waals surface area contributed by atoms with Crippen LogP contribution in [-0.4, -0.2) is 26.9 Å². The van der Waals surface area contributed by atoms with Crippen molar-refractivity contribution in [3.8, 4) is 22.8 Å². The monoisotopic (exact) mass is 380 g/mol. The van der Waals surface area contributed by atoms with Crippen molar-refractivity contribution >= 4 is 11.6 Å². The van der Waals surface area contributed by atoms with Crippen molar-refractivity contribution in [2.45, 2.75) is 32.7 Å². The number of aryl methyl sites for hydroxylation is 1. The predicted octanol–water partition coefficient (Wildman–Crippen LogP) is 4.10. The maximum absolute atomic E-state index is 15.2. The number of rotatable bonds is 3. The molecular formula is C21H21FN4O2. The first-order valence-electron chi connectivity index (χ1n) is 9.20. The Labute approximate surface area is 162 Å². The number of ether oxygens (including phenoxy) is 1. The van der Waals surface area contributed by atoms with Gasteiger partial charge in [-0.15, -0.1) is 5.10 Å². The van der Waals surface area contributed by atoms with Crippen LogP contribution in [0.25, 0.3) is 11.3 Å². The van der Waals surface area contributed by atoms with Gasteiger partial charge in [0.15, 0.2) is 0 Å². The van der Waals surface area contributed by atoms with Gasteiger partial charge in [0.05, 0.1) is 11.9 Å². The van der Waals surface area contributed by atoms with Gasteiger partial charge in [0.25, 0.3) is 0 Å². The summed E-state index contributed by atoms with van der Waals surface area (Å²) in [6.45, 7) is 3.39. The van der Waals surface area contributed by atoms with Crippen molar-refractivity contribution in [1.82, 2.24) is 15.0 Å². The van der Waals surface area contributed by atoms with Gasteiger partial charge in [-0.05, 0) is 38.0 Å². The van der Waals surface area contributed by atoms with Crippen LogP contribution in [0.1, 0.15) is 25.8 Å². The fourth-order valence-electron chi connectivity index (χ4n) is 3.72. The van der Waals surface area contributed by atoms with E-state index < -0.39 is 5.82 Å². The summed E-state index contributed by atoms with van der Waals surface area (Å²) in [4.78, 5) is 13.8. The van der Waals surface area contributed by atoms with Crippen LogP contribution in [0.2, 0.25) is 0 Å². The molecule has 3 aromatic rings. The maximum atomic E-state index is 15.2. The van der Waals surface area contributed by atoms with Crippen LogP contribution in [0.5, 0.6) is 11.5 Å². The first kappa shape index (κ1) is 18.2. The molecule has 0 aliphatic carbocycles. The Bertz CT molecular complexity index is 1030. The van der Waals surface area contributed by atoms with Gasteiger partial charge in [-0.3, -0.25) is 9.48 Å². The summed E-state index contributed by atoms with van der Waals surface area (Å²) in [5.41, 5.74) is 2.01. The van der Waals surface area contributed by atoms with Crippen LogP contribution >= 0.6 is 0 Å². The molecule has 0 bridgehead atoms. The Morgan fingerprint density at radius 2 is 2.04 bits per heavy atom. The Morgan fingerprint density at radius 1 is 1.29 bits per heavy atom. The fraction of sp³-hybridized carbons (Fsp3) is 0.286. The molecular weight excluding hydrogens is 359 g/mol. The summed E-state index contributed by atoms with van der Waals surface area (Å²) in [6.07, 6.45) is 3.04. The second kappa shape index (κ2) is 7.07. The number of anilines is 1. The third kappa shape index (κ3) is 3.13. The van der Waals surface area contributed by atoms with E-state index in [-0.39, 0.29) is 11.9 Å². The molecule has 2 heterocycles. The number of benzene rings is 2. The third-order valence-corrected chi connectivity index (χ3v) is 4.98. The second-order valence-corrected chi connectivity index (χ2v) is 7.03. The highest BCUT2D eigenvalue weighted by Crippen LogP contribution is 2.45. The lowest BCUT2D eigenvalue weighted by Crippen LogP contribution is -2.41. The molecule has 1 amide bonds. The minimum absolute atomic E-state index is 0.0774. The zero-order valence-corrected chi connectivity index (χ0v) is 16.0. The first-order chi connectivity index (χ1) is 13.5. The topological polar surface area (TPSA) is 60.2 Å². The Kier molecular flexibility index (Phi) is 4.58. The van der Waals surface area contributed by atoms with E-state index in [9.17, 15) is 4.79 Å². The molecule has 1 aromatic heterocycles. The number of halogens is 1. The lowest BCUT2D eigenvalue weighted by Gasteiger charge is -2.36. The molecule has 0 unspecified atom stereocenters. The zero-order chi connectivity index (χ0) is 19.8. The minimum atomic E-state index is -0.460. The molecule has 0 radical (unpaired) electrons. The van der Waals surface area contributed by atoms with E-state index in [2.05, 4.69) is 10.3 Å². The van der Waals surface area contributed by atoms with E-state index in [1.807, 2.05) is 37.3 Å². The van der Waals surface area contributed by atoms with Gasteiger partial charge in [0.1, 0.15) is 23.0 Å². The molecule has 1 atom stereocenters. The van der Waals surface area contributed by atoms with Crippen molar-refractivity contribution in [2.75, 3.05) is 4.90 Å². The zero-order valence-electron chi connectivity index (χ0n) is 16.0. The van der Waals surface area contributed by atoms with Crippen LogP contribution in [0.15, 0.2) is 42.6 Å². The summed E-state index contributed by atoms with van der Waals surface area (Å²) in [7, 11) is 1.75. The van der Waals surface area contributed by atoms with Gasteiger partial charge < -0.3 is 9.64 Å². The van der Waals surface area contributed by atoms with Gasteiger partial charge in [0, 0.05) is 31.1 Å². The number of carbonyl (C=O) groups is 1. The molecule has 0 N–H and O–H groups in total. The van der Waals surface area contributed by atoms with Crippen LogP contribution in [0.4, 0.5) is 10.1 Å². The summed E-state index contributed by atoms with van der Waals surface area (Å²) in [6, 6.07) is 10.6. The van der Waals surface area contributed by atoms with Crippen LogP contribution in [-0.2, 0) is 18.3 Å². The average Bonchev–Trinajstić information content (AvgIpc) is 3.10. The normalized spacial score (nSPS) is 16.0. The van der Waals surface area contributed by atoms with Crippen molar-refractivity contribution in [3.05, 3.63) is 54.0 Å². The van der Waals surface area contributed by atoms with E-state index >= 15 is 4.39 Å². The number of amides is 1. The molecule has 0 fully saturated rings. The largest absolute Gasteiger partial charge is 0.456 e. The number of aromatic nitrogens is 3. The second-order valence-electron chi connectivity index (χ2n) is 7.03. The van der Waals surface area contributed by atoms with E-state index in [1.165, 1.54) is 17.9 Å². The number of para-hydroxylation sites is 1. The predicted molar refractivity (Wildman–Crippen MR) is 104 cm³/mol. The van der Waals surface area contributed by atoms with Gasteiger partial charge >= 0.3 is 0 Å². The van der Waals surface area contributed by atoms with Gasteiger partial charge in [0.2, 0.25) is 5.91 Å². The van der Waals surface area contributed by atoms with Crippen molar-refractivity contribution in [1.29, 1.82) is 0 Å². The molecule has 7 heteroatoms. The third-order valence-electron chi connectivity index (χ3n) is 4.98. The molecule has 28 heavy (non-hydrogen) atoms. The molecule has 1 aliphatic heterocycles. The highest BCUT2D eigenvalue weighted by molar-refractivity contribution is 5.95. The number of hydrogen-bond acceptors (Lipinski definition) is 4. The lowest BCUT2D eigenvalue weighted by atomic mass is 9.92. The Hall–Kier alpha value is -3.22. The van der Waals surface area contributed by atoms with Crippen molar-refractivity contribution in [2.24, 2.45) is 7.05 Å². The van der Waals surface area contributed by atoms with Crippen LogP contribution in [0.3, 0.4) is 0 Å². The highest BCUT2D eigenvalue weighted by Gasteiger charge is 2.33. The molecule has 2 aromatic carbocycles. The number of fused-ring (bicyclic) bond motifs is 1. The Morgan fingerprint density at radius 3 is 2.68 bits per heavy atom. The fourth-order valence-corrected chi connectivity index (χ4v) is 3.72. The highest BCUT2D eigenvalue weighted by atomic mass is 19.1. The summed E-state index contributed by atoms with van der Waals surface area (Å²) in [5.74, 6) is 0.499. The molecule has 0 saturated carbocycles. The maximum Gasteiger partial charge on any atom is 0.224 e. The molecule has 144 valence electrons. The minimum Gasteiger partial charge on any atom is -0.456 e. The van der Waals surface area contributed by atoms with E-state index in [4.69, 9.17) is 4.74 Å². The van der Waals surface area contributed by atoms with E-state index in [1.54, 1.807) is 17.9 Å². The van der Waals surface area contributed by atoms with Gasteiger partial charge in [-0.2, -0.15) is 0 Å². The number of carbonyl (C=O) groups excluding carboxylic acids is 1. The van der Waals surface area contributed by atoms with E-state index in [0.717, 1.165) is 6.42 Å². The van der Waals surface area contributed by atoms with Crippen molar-refractivity contribution < 1.29 is 13.9 Å². The summed E-state index contributed by atoms with van der Waals surface area (Å²) >= 11 is 0. The van der Waals surface area contributed by atoms with E-state index in [0.29, 0.717) is 40.4 Å². The van der Waals surface area contributed by atoms with Gasteiger partial charge in [-0.25, -0.2) is 4.39 Å². The molecule has 0 spiro atoms. The average molecular weight is 380 g/mol. The number of nitrogens with zero attached hydrogens (tertiary/aromatic N) is 4.